The van der Waals surface area contributed by atoms with Gasteiger partial charge in [0.25, 0.3) is 0 Å². The second-order valence-electron chi connectivity index (χ2n) is 6.74. The van der Waals surface area contributed by atoms with Crippen LogP contribution in [0.5, 0.6) is 0 Å². The molecule has 0 heterocycles. The summed E-state index contributed by atoms with van der Waals surface area (Å²) in [4.78, 5) is 2.47. The van der Waals surface area contributed by atoms with E-state index in [0.29, 0.717) is 0 Å². The van der Waals surface area contributed by atoms with Crippen LogP contribution in [0.2, 0.25) is 0 Å². The summed E-state index contributed by atoms with van der Waals surface area (Å²) in [7, 11) is 0. The Morgan fingerprint density at radius 3 is 1.76 bits per heavy atom. The Hall–Kier alpha value is -1.60. The summed E-state index contributed by atoms with van der Waals surface area (Å²) in [5, 5.41) is 0. The molecule has 0 aliphatic carbocycles. The lowest BCUT2D eigenvalue weighted by molar-refractivity contribution is 0.271. The van der Waals surface area contributed by atoms with E-state index in [1.54, 1.807) is 0 Å². The van der Waals surface area contributed by atoms with Gasteiger partial charge >= 0.3 is 0 Å². The largest absolute Gasteiger partial charge is 0.295 e. The van der Waals surface area contributed by atoms with Gasteiger partial charge in [0.2, 0.25) is 0 Å². The summed E-state index contributed by atoms with van der Waals surface area (Å²) in [6.07, 6.45) is 0. The molecule has 0 atom stereocenters. The highest BCUT2D eigenvalue weighted by Gasteiger charge is 2.13. The van der Waals surface area contributed by atoms with Crippen molar-refractivity contribution in [2.45, 2.75) is 46.2 Å². The number of benzene rings is 2. The molecule has 0 bridgehead atoms. The molecule has 2 aromatic carbocycles. The molecule has 21 heavy (non-hydrogen) atoms. The predicted octanol–water partition coefficient (Wildman–Crippen LogP) is 5.01. The second-order valence-corrected chi connectivity index (χ2v) is 6.74. The summed E-state index contributed by atoms with van der Waals surface area (Å²) in [6.45, 7) is 12.1. The zero-order valence-corrected chi connectivity index (χ0v) is 13.8. The number of hydrogen-bond acceptors (Lipinski definition) is 1. The second kappa shape index (κ2) is 6.91. The maximum absolute atomic E-state index is 2.47. The Bertz CT molecular complexity index is 534. The van der Waals surface area contributed by atoms with Gasteiger partial charge in [0.1, 0.15) is 0 Å². The average molecular weight is 281 g/mol. The molecule has 2 rings (SSSR count). The van der Waals surface area contributed by atoms with Crippen molar-refractivity contribution in [3.05, 3.63) is 71.3 Å². The lowest BCUT2D eigenvalue weighted by Crippen LogP contribution is -2.22. The van der Waals surface area contributed by atoms with Crippen LogP contribution in [0.3, 0.4) is 0 Å². The van der Waals surface area contributed by atoms with Crippen molar-refractivity contribution in [1.82, 2.24) is 4.90 Å². The molecule has 0 spiro atoms. The molecular formula is C20H27N. The van der Waals surface area contributed by atoms with Gasteiger partial charge in [0.15, 0.2) is 0 Å². The lowest BCUT2D eigenvalue weighted by Gasteiger charge is -2.22. The molecule has 0 unspecified atom stereocenters. The summed E-state index contributed by atoms with van der Waals surface area (Å²) in [5.41, 5.74) is 4.40. The van der Waals surface area contributed by atoms with Gasteiger partial charge in [-0.1, -0.05) is 82.3 Å². The Morgan fingerprint density at radius 2 is 1.29 bits per heavy atom. The first-order valence-electron chi connectivity index (χ1n) is 7.84. The number of rotatable bonds is 5. The highest BCUT2D eigenvalue weighted by Crippen LogP contribution is 2.22. The van der Waals surface area contributed by atoms with Crippen LogP contribution in [0.1, 0.15) is 44.4 Å². The summed E-state index contributed by atoms with van der Waals surface area (Å²) in [6, 6.07) is 19.8. The van der Waals surface area contributed by atoms with Crippen molar-refractivity contribution in [2.24, 2.45) is 0 Å². The Morgan fingerprint density at radius 1 is 0.762 bits per heavy atom. The van der Waals surface area contributed by atoms with Crippen molar-refractivity contribution >= 4 is 0 Å². The quantitative estimate of drug-likeness (QED) is 0.745. The molecule has 0 fully saturated rings. The van der Waals surface area contributed by atoms with E-state index < -0.39 is 0 Å². The minimum Gasteiger partial charge on any atom is -0.295 e. The van der Waals surface area contributed by atoms with Crippen molar-refractivity contribution < 1.29 is 0 Å². The molecule has 0 aliphatic heterocycles. The van der Waals surface area contributed by atoms with Crippen molar-refractivity contribution in [3.8, 4) is 0 Å². The Kier molecular flexibility index (Phi) is 5.19. The smallest absolute Gasteiger partial charge is 0.0237 e. The maximum atomic E-state index is 2.47. The topological polar surface area (TPSA) is 3.24 Å². The van der Waals surface area contributed by atoms with Crippen LogP contribution in [0.4, 0.5) is 0 Å². The highest BCUT2D eigenvalue weighted by molar-refractivity contribution is 5.27. The van der Waals surface area contributed by atoms with Gasteiger partial charge in [-0.2, -0.15) is 0 Å². The van der Waals surface area contributed by atoms with Crippen molar-refractivity contribution in [1.29, 1.82) is 0 Å². The zero-order chi connectivity index (χ0) is 15.3. The van der Waals surface area contributed by atoms with Gasteiger partial charge in [-0.15, -0.1) is 0 Å². The fourth-order valence-corrected chi connectivity index (χ4v) is 2.49. The van der Waals surface area contributed by atoms with E-state index >= 15 is 0 Å². The fraction of sp³-hybridized carbons (Fsp3) is 0.400. The van der Waals surface area contributed by atoms with Crippen LogP contribution in [-0.4, -0.2) is 11.4 Å². The molecular weight excluding hydrogens is 254 g/mol. The molecule has 0 N–H and O–H groups in total. The van der Waals surface area contributed by atoms with Crippen LogP contribution >= 0.6 is 0 Å². The molecule has 1 heteroatoms. The number of hydrogen-bond donors (Lipinski definition) is 0. The Balaban J connectivity index is 2.02. The van der Waals surface area contributed by atoms with Crippen molar-refractivity contribution in [3.63, 3.8) is 0 Å². The normalized spacial score (nSPS) is 11.9. The van der Waals surface area contributed by atoms with E-state index in [9.17, 15) is 0 Å². The molecule has 0 aliphatic rings. The van der Waals surface area contributed by atoms with Crippen LogP contribution in [0.25, 0.3) is 0 Å². The van der Waals surface area contributed by atoms with Crippen molar-refractivity contribution in [2.75, 3.05) is 6.54 Å². The van der Waals surface area contributed by atoms with Crippen LogP contribution in [0.15, 0.2) is 54.6 Å². The minimum atomic E-state index is 0.229. The summed E-state index contributed by atoms with van der Waals surface area (Å²) >= 11 is 0. The summed E-state index contributed by atoms with van der Waals surface area (Å²) in [5.74, 6) is 0. The zero-order valence-electron chi connectivity index (χ0n) is 13.8. The van der Waals surface area contributed by atoms with Gasteiger partial charge in [-0.25, -0.2) is 0 Å². The van der Waals surface area contributed by atoms with Gasteiger partial charge in [-0.3, -0.25) is 4.90 Å². The van der Waals surface area contributed by atoms with E-state index in [4.69, 9.17) is 0 Å². The van der Waals surface area contributed by atoms with E-state index in [2.05, 4.69) is 87.2 Å². The molecule has 0 saturated heterocycles. The van der Waals surface area contributed by atoms with E-state index in [1.807, 2.05) is 0 Å². The van der Waals surface area contributed by atoms with Crippen LogP contribution in [-0.2, 0) is 18.5 Å². The molecule has 0 radical (unpaired) electrons. The maximum Gasteiger partial charge on any atom is 0.0237 e. The SMILES string of the molecule is CCN(Cc1ccccc1)Cc1ccc(C(C)(C)C)cc1. The summed E-state index contributed by atoms with van der Waals surface area (Å²) < 4.78 is 0. The lowest BCUT2D eigenvalue weighted by atomic mass is 9.87. The molecule has 2 aromatic rings. The third-order valence-electron chi connectivity index (χ3n) is 3.92. The monoisotopic (exact) mass is 281 g/mol. The fourth-order valence-electron chi connectivity index (χ4n) is 2.49. The minimum absolute atomic E-state index is 0.229. The first kappa shape index (κ1) is 15.8. The number of nitrogens with zero attached hydrogens (tertiary/aromatic N) is 1. The molecule has 0 aromatic heterocycles. The first-order valence-corrected chi connectivity index (χ1v) is 7.84. The van der Waals surface area contributed by atoms with Crippen LogP contribution in [0, 0.1) is 0 Å². The highest BCUT2D eigenvalue weighted by atomic mass is 15.1. The third-order valence-corrected chi connectivity index (χ3v) is 3.92. The molecule has 112 valence electrons. The third kappa shape index (κ3) is 4.71. The molecule has 0 saturated carbocycles. The van der Waals surface area contributed by atoms with Gasteiger partial charge < -0.3 is 0 Å². The van der Waals surface area contributed by atoms with E-state index in [0.717, 1.165) is 19.6 Å². The van der Waals surface area contributed by atoms with Crippen LogP contribution < -0.4 is 0 Å². The predicted molar refractivity (Wildman–Crippen MR) is 91.4 cm³/mol. The average Bonchev–Trinajstić information content (AvgIpc) is 2.47. The standard InChI is InChI=1S/C20H27N/c1-5-21(15-17-9-7-6-8-10-17)16-18-11-13-19(14-12-18)20(2,3)4/h6-14H,5,15-16H2,1-4H3. The molecule has 1 nitrogen and oxygen atoms in total. The molecule has 0 amide bonds. The Labute approximate surface area is 129 Å². The van der Waals surface area contributed by atoms with Gasteiger partial charge in [0, 0.05) is 13.1 Å². The van der Waals surface area contributed by atoms with E-state index in [-0.39, 0.29) is 5.41 Å². The van der Waals surface area contributed by atoms with E-state index in [1.165, 1.54) is 16.7 Å². The first-order chi connectivity index (χ1) is 9.99. The van der Waals surface area contributed by atoms with Gasteiger partial charge in [0.05, 0.1) is 0 Å². The van der Waals surface area contributed by atoms with Gasteiger partial charge in [-0.05, 0) is 28.7 Å².